The van der Waals surface area contributed by atoms with Gasteiger partial charge in [0.2, 0.25) is 0 Å². The van der Waals surface area contributed by atoms with Gasteiger partial charge >= 0.3 is 0 Å². The number of thiophene rings is 1. The summed E-state index contributed by atoms with van der Waals surface area (Å²) in [6.45, 7) is 16.9. The van der Waals surface area contributed by atoms with Gasteiger partial charge in [-0.15, -0.1) is 11.3 Å². The Morgan fingerprint density at radius 2 is 1.84 bits per heavy atom. The second-order valence-corrected chi connectivity index (χ2v) is 6.98. The Kier molecular flexibility index (Phi) is 6.51. The molecule has 3 heteroatoms. The molecule has 110 valence electrons. The number of rotatable bonds is 8. The molecule has 1 unspecified atom stereocenters. The first-order valence-electron chi connectivity index (χ1n) is 7.52. The fourth-order valence-corrected chi connectivity index (χ4v) is 3.95. The molecule has 0 spiro atoms. The fraction of sp³-hybridized carbons (Fsp3) is 0.750. The first kappa shape index (κ1) is 16.7. The minimum absolute atomic E-state index is 0.135. The van der Waals surface area contributed by atoms with Crippen LogP contribution in [0, 0.1) is 6.92 Å². The minimum atomic E-state index is 0.135. The Morgan fingerprint density at radius 1 is 1.21 bits per heavy atom. The van der Waals surface area contributed by atoms with Crippen molar-refractivity contribution >= 4 is 11.3 Å². The molecular weight excluding hydrogens is 252 g/mol. The third kappa shape index (κ3) is 4.04. The molecule has 0 amide bonds. The minimum Gasteiger partial charge on any atom is -0.308 e. The molecule has 1 rings (SSSR count). The summed E-state index contributed by atoms with van der Waals surface area (Å²) in [5.74, 6) is 0. The Labute approximate surface area is 123 Å². The van der Waals surface area contributed by atoms with E-state index in [1.54, 1.807) is 0 Å². The van der Waals surface area contributed by atoms with E-state index in [4.69, 9.17) is 0 Å². The Hall–Kier alpha value is -0.380. The van der Waals surface area contributed by atoms with Crippen LogP contribution in [0.2, 0.25) is 0 Å². The molecule has 19 heavy (non-hydrogen) atoms. The van der Waals surface area contributed by atoms with Gasteiger partial charge < -0.3 is 5.32 Å². The van der Waals surface area contributed by atoms with E-state index in [0.717, 1.165) is 19.6 Å². The van der Waals surface area contributed by atoms with Crippen molar-refractivity contribution in [2.24, 2.45) is 0 Å². The summed E-state index contributed by atoms with van der Waals surface area (Å²) >= 11 is 1.92. The lowest BCUT2D eigenvalue weighted by Gasteiger charge is -2.43. The van der Waals surface area contributed by atoms with Crippen molar-refractivity contribution in [2.75, 3.05) is 19.6 Å². The maximum absolute atomic E-state index is 3.76. The van der Waals surface area contributed by atoms with Crippen molar-refractivity contribution in [1.82, 2.24) is 10.2 Å². The van der Waals surface area contributed by atoms with Crippen LogP contribution >= 0.6 is 11.3 Å². The molecule has 0 fully saturated rings. The van der Waals surface area contributed by atoms with Gasteiger partial charge in [0.25, 0.3) is 0 Å². The third-order valence-corrected chi connectivity index (χ3v) is 4.99. The van der Waals surface area contributed by atoms with Crippen molar-refractivity contribution < 1.29 is 0 Å². The van der Waals surface area contributed by atoms with Crippen LogP contribution in [0.5, 0.6) is 0 Å². The predicted molar refractivity (Wildman–Crippen MR) is 87.1 cm³/mol. The summed E-state index contributed by atoms with van der Waals surface area (Å²) in [5.41, 5.74) is 0.135. The maximum atomic E-state index is 3.76. The largest absolute Gasteiger partial charge is 0.308 e. The van der Waals surface area contributed by atoms with E-state index < -0.39 is 0 Å². The summed E-state index contributed by atoms with van der Waals surface area (Å²) in [4.78, 5) is 5.41. The van der Waals surface area contributed by atoms with Crippen LogP contribution in [0.3, 0.4) is 0 Å². The van der Waals surface area contributed by atoms with Gasteiger partial charge in [0.15, 0.2) is 0 Å². The molecule has 0 saturated carbocycles. The zero-order chi connectivity index (χ0) is 14.5. The second kappa shape index (κ2) is 7.41. The van der Waals surface area contributed by atoms with Crippen LogP contribution in [0.1, 0.15) is 56.8 Å². The lowest BCUT2D eigenvalue weighted by atomic mass is 9.90. The van der Waals surface area contributed by atoms with Crippen molar-refractivity contribution in [3.8, 4) is 0 Å². The molecule has 0 radical (unpaired) electrons. The van der Waals surface area contributed by atoms with E-state index in [0.29, 0.717) is 6.04 Å². The highest BCUT2D eigenvalue weighted by Crippen LogP contribution is 2.34. The number of nitrogens with zero attached hydrogens (tertiary/aromatic N) is 1. The number of nitrogens with one attached hydrogen (secondary N) is 1. The topological polar surface area (TPSA) is 15.3 Å². The molecule has 0 saturated heterocycles. The highest BCUT2D eigenvalue weighted by atomic mass is 32.1. The van der Waals surface area contributed by atoms with Gasteiger partial charge in [0, 0.05) is 15.3 Å². The fourth-order valence-electron chi connectivity index (χ4n) is 2.82. The quantitative estimate of drug-likeness (QED) is 0.768. The summed E-state index contributed by atoms with van der Waals surface area (Å²) in [5, 5.41) is 3.76. The average Bonchev–Trinajstić information content (AvgIpc) is 2.77. The summed E-state index contributed by atoms with van der Waals surface area (Å²) < 4.78 is 0. The van der Waals surface area contributed by atoms with Gasteiger partial charge in [-0.1, -0.05) is 20.8 Å². The van der Waals surface area contributed by atoms with Gasteiger partial charge in [-0.2, -0.15) is 0 Å². The van der Waals surface area contributed by atoms with Gasteiger partial charge in [-0.25, -0.2) is 0 Å². The number of hydrogen-bond donors (Lipinski definition) is 1. The van der Waals surface area contributed by atoms with Crippen molar-refractivity contribution in [2.45, 2.75) is 59.5 Å². The Morgan fingerprint density at radius 3 is 2.26 bits per heavy atom. The first-order valence-corrected chi connectivity index (χ1v) is 8.33. The van der Waals surface area contributed by atoms with E-state index >= 15 is 0 Å². The zero-order valence-electron chi connectivity index (χ0n) is 13.4. The highest BCUT2D eigenvalue weighted by molar-refractivity contribution is 7.12. The van der Waals surface area contributed by atoms with Crippen LogP contribution in [0.15, 0.2) is 12.1 Å². The molecule has 0 aliphatic rings. The molecule has 1 atom stereocenters. The molecule has 0 aliphatic heterocycles. The van der Waals surface area contributed by atoms with E-state index in [1.807, 2.05) is 11.3 Å². The predicted octanol–water partition coefficient (Wildman–Crippen LogP) is 4.22. The van der Waals surface area contributed by atoms with Crippen molar-refractivity contribution in [1.29, 1.82) is 0 Å². The van der Waals surface area contributed by atoms with Crippen molar-refractivity contribution in [3.05, 3.63) is 21.9 Å². The van der Waals surface area contributed by atoms with Crippen LogP contribution in [-0.4, -0.2) is 30.1 Å². The lowest BCUT2D eigenvalue weighted by molar-refractivity contribution is 0.0925. The maximum Gasteiger partial charge on any atom is 0.0596 e. The van der Waals surface area contributed by atoms with Crippen LogP contribution in [-0.2, 0) is 0 Å². The number of hydrogen-bond acceptors (Lipinski definition) is 3. The SMILES string of the molecule is CCCNC(c1ccc(C)s1)C(C)(C)N(CC)CC. The molecule has 1 heterocycles. The molecular formula is C16H30N2S. The third-order valence-electron chi connectivity index (χ3n) is 3.93. The Balaban J connectivity index is 3.01. The Bertz CT molecular complexity index is 367. The van der Waals surface area contributed by atoms with E-state index in [9.17, 15) is 0 Å². The van der Waals surface area contributed by atoms with Crippen molar-refractivity contribution in [3.63, 3.8) is 0 Å². The van der Waals surface area contributed by atoms with Crippen LogP contribution in [0.4, 0.5) is 0 Å². The summed E-state index contributed by atoms with van der Waals surface area (Å²) in [7, 11) is 0. The standard InChI is InChI=1S/C16H30N2S/c1-7-12-17-15(14-11-10-13(4)19-14)16(5,6)18(8-2)9-3/h10-11,15,17H,7-9,12H2,1-6H3. The number of aryl methyl sites for hydroxylation is 1. The molecule has 1 aromatic heterocycles. The number of likely N-dealkylation sites (N-methyl/N-ethyl adjacent to an activating group) is 1. The molecule has 0 aromatic carbocycles. The smallest absolute Gasteiger partial charge is 0.0596 e. The lowest BCUT2D eigenvalue weighted by Crippen LogP contribution is -2.52. The average molecular weight is 282 g/mol. The summed E-state index contributed by atoms with van der Waals surface area (Å²) in [6.07, 6.45) is 1.18. The van der Waals surface area contributed by atoms with E-state index in [1.165, 1.54) is 16.2 Å². The molecule has 0 aliphatic carbocycles. The van der Waals surface area contributed by atoms with E-state index in [2.05, 4.69) is 63.9 Å². The van der Waals surface area contributed by atoms with Gasteiger partial charge in [-0.05, 0) is 59.0 Å². The van der Waals surface area contributed by atoms with Crippen LogP contribution in [0.25, 0.3) is 0 Å². The van der Waals surface area contributed by atoms with Crippen LogP contribution < -0.4 is 5.32 Å². The van der Waals surface area contributed by atoms with Gasteiger partial charge in [0.05, 0.1) is 6.04 Å². The van der Waals surface area contributed by atoms with E-state index in [-0.39, 0.29) is 5.54 Å². The monoisotopic (exact) mass is 282 g/mol. The van der Waals surface area contributed by atoms with Gasteiger partial charge in [0.1, 0.15) is 0 Å². The molecule has 1 aromatic rings. The zero-order valence-corrected chi connectivity index (χ0v) is 14.2. The first-order chi connectivity index (χ1) is 8.97. The van der Waals surface area contributed by atoms with Gasteiger partial charge in [-0.3, -0.25) is 4.90 Å². The molecule has 1 N–H and O–H groups in total. The highest BCUT2D eigenvalue weighted by Gasteiger charge is 2.35. The second-order valence-electron chi connectivity index (χ2n) is 5.66. The molecule has 0 bridgehead atoms. The normalized spacial score (nSPS) is 14.1. The summed E-state index contributed by atoms with van der Waals surface area (Å²) in [6, 6.07) is 4.93. The molecule has 2 nitrogen and oxygen atoms in total.